The van der Waals surface area contributed by atoms with Gasteiger partial charge in [-0.05, 0) is 74.2 Å². The van der Waals surface area contributed by atoms with E-state index in [2.05, 4.69) is 63.9 Å². The fourth-order valence-electron chi connectivity index (χ4n) is 7.34. The van der Waals surface area contributed by atoms with Crippen LogP contribution in [0.1, 0.15) is 69.4 Å². The second-order valence-corrected chi connectivity index (χ2v) is 11.9. The Labute approximate surface area is 231 Å². The van der Waals surface area contributed by atoms with Crippen LogP contribution in [0.5, 0.6) is 0 Å². The molecule has 0 aliphatic carbocycles. The van der Waals surface area contributed by atoms with Gasteiger partial charge in [-0.1, -0.05) is 61.3 Å². The van der Waals surface area contributed by atoms with Gasteiger partial charge in [0.05, 0.1) is 5.54 Å². The Balaban J connectivity index is 1.16. The number of hydrogen-bond acceptors (Lipinski definition) is 3. The third-order valence-electron chi connectivity index (χ3n) is 9.27. The van der Waals surface area contributed by atoms with Crippen LogP contribution in [0.25, 0.3) is 11.4 Å². The van der Waals surface area contributed by atoms with Crippen molar-refractivity contribution in [1.29, 1.82) is 0 Å². The standard InChI is InChI=1S/C32H39ClN4O/c1-2-6-27-7-5-19-36(27)23-24-15-20-35(21-16-24)30(38)14-17-32(25-10-12-26(33)13-11-25)29-9-4-3-8-28(29)31-34-18-22-37(31)32/h3-4,8-13,18,22,24,27H,2,5-7,14-17,19-21,23H2,1H3. The Bertz CT molecular complexity index is 1260. The maximum absolute atomic E-state index is 13.6. The van der Waals surface area contributed by atoms with Gasteiger partial charge in [0.1, 0.15) is 5.82 Å². The first-order valence-electron chi connectivity index (χ1n) is 14.5. The lowest BCUT2D eigenvalue weighted by Gasteiger charge is -2.37. The van der Waals surface area contributed by atoms with E-state index in [9.17, 15) is 4.79 Å². The van der Waals surface area contributed by atoms with Crippen molar-refractivity contribution in [1.82, 2.24) is 19.4 Å². The summed E-state index contributed by atoms with van der Waals surface area (Å²) in [5.74, 6) is 1.95. The number of fused-ring (bicyclic) bond motifs is 3. The molecule has 6 rings (SSSR count). The lowest BCUT2D eigenvalue weighted by atomic mass is 9.79. The van der Waals surface area contributed by atoms with Gasteiger partial charge in [0.15, 0.2) is 0 Å². The Morgan fingerprint density at radius 3 is 2.63 bits per heavy atom. The summed E-state index contributed by atoms with van der Waals surface area (Å²) in [5, 5.41) is 0.718. The summed E-state index contributed by atoms with van der Waals surface area (Å²) in [6, 6.07) is 17.4. The van der Waals surface area contributed by atoms with Crippen LogP contribution in [-0.2, 0) is 10.3 Å². The average molecular weight is 531 g/mol. The molecule has 0 spiro atoms. The highest BCUT2D eigenvalue weighted by Crippen LogP contribution is 2.49. The number of carbonyl (C=O) groups is 1. The smallest absolute Gasteiger partial charge is 0.222 e. The molecule has 2 aromatic carbocycles. The molecule has 2 atom stereocenters. The fourth-order valence-corrected chi connectivity index (χ4v) is 7.46. The summed E-state index contributed by atoms with van der Waals surface area (Å²) in [7, 11) is 0. The number of nitrogens with zero attached hydrogens (tertiary/aromatic N) is 4. The molecule has 5 nitrogen and oxygen atoms in total. The van der Waals surface area contributed by atoms with Crippen LogP contribution in [-0.4, -0.2) is 57.5 Å². The molecular formula is C32H39ClN4O. The van der Waals surface area contributed by atoms with Gasteiger partial charge in [-0.3, -0.25) is 4.79 Å². The first kappa shape index (κ1) is 25.6. The molecule has 2 saturated heterocycles. The number of carbonyl (C=O) groups excluding carboxylic acids is 1. The van der Waals surface area contributed by atoms with E-state index < -0.39 is 5.54 Å². The first-order chi connectivity index (χ1) is 18.6. The number of amides is 1. The molecule has 2 unspecified atom stereocenters. The summed E-state index contributed by atoms with van der Waals surface area (Å²) >= 11 is 6.28. The summed E-state index contributed by atoms with van der Waals surface area (Å²) in [5.41, 5.74) is 3.03. The van der Waals surface area contributed by atoms with Gasteiger partial charge in [-0.15, -0.1) is 0 Å². The lowest BCUT2D eigenvalue weighted by molar-refractivity contribution is -0.133. The van der Waals surface area contributed by atoms with Crippen LogP contribution in [0, 0.1) is 5.92 Å². The zero-order valence-electron chi connectivity index (χ0n) is 22.5. The van der Waals surface area contributed by atoms with Gasteiger partial charge in [-0.2, -0.15) is 0 Å². The van der Waals surface area contributed by atoms with Crippen LogP contribution in [0.3, 0.4) is 0 Å². The normalized spacial score (nSPS) is 23.5. The molecule has 1 amide bonds. The maximum atomic E-state index is 13.6. The molecule has 4 heterocycles. The van der Waals surface area contributed by atoms with Crippen molar-refractivity contribution in [3.8, 4) is 11.4 Å². The van der Waals surface area contributed by atoms with E-state index in [-0.39, 0.29) is 5.91 Å². The second kappa shape index (κ2) is 10.9. The van der Waals surface area contributed by atoms with E-state index in [1.54, 1.807) is 0 Å². The summed E-state index contributed by atoms with van der Waals surface area (Å²) in [6.45, 7) is 6.55. The lowest BCUT2D eigenvalue weighted by Crippen LogP contribution is -2.43. The zero-order valence-corrected chi connectivity index (χ0v) is 23.2. The van der Waals surface area contributed by atoms with Gasteiger partial charge in [0, 0.05) is 55.1 Å². The highest BCUT2D eigenvalue weighted by molar-refractivity contribution is 6.30. The summed E-state index contributed by atoms with van der Waals surface area (Å²) < 4.78 is 2.27. The van der Waals surface area contributed by atoms with Crippen molar-refractivity contribution >= 4 is 17.5 Å². The highest BCUT2D eigenvalue weighted by atomic mass is 35.5. The number of likely N-dealkylation sites (tertiary alicyclic amines) is 2. The van der Waals surface area contributed by atoms with Gasteiger partial charge in [-0.25, -0.2) is 4.98 Å². The molecule has 0 saturated carbocycles. The molecule has 0 bridgehead atoms. The van der Waals surface area contributed by atoms with Crippen molar-refractivity contribution in [2.75, 3.05) is 26.2 Å². The van der Waals surface area contributed by atoms with Gasteiger partial charge >= 0.3 is 0 Å². The molecule has 2 fully saturated rings. The first-order valence-corrected chi connectivity index (χ1v) is 14.9. The number of halogens is 1. The van der Waals surface area contributed by atoms with Crippen molar-refractivity contribution in [2.45, 2.75) is 69.9 Å². The van der Waals surface area contributed by atoms with Crippen LogP contribution in [0.2, 0.25) is 5.02 Å². The van der Waals surface area contributed by atoms with E-state index in [0.717, 1.165) is 53.9 Å². The number of imidazole rings is 1. The second-order valence-electron chi connectivity index (χ2n) is 11.4. The highest BCUT2D eigenvalue weighted by Gasteiger charge is 2.45. The van der Waals surface area contributed by atoms with Crippen LogP contribution >= 0.6 is 11.6 Å². The Morgan fingerprint density at radius 2 is 1.84 bits per heavy atom. The quantitative estimate of drug-likeness (QED) is 0.330. The largest absolute Gasteiger partial charge is 0.343 e. The van der Waals surface area contributed by atoms with E-state index >= 15 is 0 Å². The average Bonchev–Trinajstić information content (AvgIpc) is 3.66. The number of rotatable bonds is 8. The van der Waals surface area contributed by atoms with E-state index in [1.807, 2.05) is 18.3 Å². The zero-order chi connectivity index (χ0) is 26.1. The van der Waals surface area contributed by atoms with Gasteiger partial charge in [0.2, 0.25) is 5.91 Å². The molecule has 38 heavy (non-hydrogen) atoms. The maximum Gasteiger partial charge on any atom is 0.222 e. The Morgan fingerprint density at radius 1 is 1.05 bits per heavy atom. The number of piperidine rings is 1. The van der Waals surface area contributed by atoms with Gasteiger partial charge < -0.3 is 14.4 Å². The van der Waals surface area contributed by atoms with Crippen molar-refractivity contribution in [3.05, 3.63) is 77.1 Å². The summed E-state index contributed by atoms with van der Waals surface area (Å²) in [6.07, 6.45) is 12.7. The SMILES string of the molecule is CCCC1CCCN1CC1CCN(C(=O)CCC2(c3ccc(Cl)cc3)c3ccccc3-c3nccn32)CC1. The minimum absolute atomic E-state index is 0.271. The van der Waals surface area contributed by atoms with Crippen molar-refractivity contribution in [2.24, 2.45) is 5.92 Å². The summed E-state index contributed by atoms with van der Waals surface area (Å²) in [4.78, 5) is 23.2. The minimum atomic E-state index is -0.467. The molecule has 3 aliphatic heterocycles. The van der Waals surface area contributed by atoms with Gasteiger partial charge in [0.25, 0.3) is 0 Å². The van der Waals surface area contributed by atoms with E-state index in [0.29, 0.717) is 18.8 Å². The molecule has 3 aromatic rings. The number of benzene rings is 2. The van der Waals surface area contributed by atoms with E-state index in [1.165, 1.54) is 44.3 Å². The van der Waals surface area contributed by atoms with Crippen LogP contribution < -0.4 is 0 Å². The molecule has 0 radical (unpaired) electrons. The number of hydrogen-bond donors (Lipinski definition) is 0. The molecule has 6 heteroatoms. The third kappa shape index (κ3) is 4.58. The van der Waals surface area contributed by atoms with E-state index in [4.69, 9.17) is 16.6 Å². The fraction of sp³-hybridized carbons (Fsp3) is 0.500. The predicted molar refractivity (Wildman–Crippen MR) is 153 cm³/mol. The molecule has 1 aromatic heterocycles. The third-order valence-corrected chi connectivity index (χ3v) is 9.52. The van der Waals surface area contributed by atoms with Crippen LogP contribution in [0.15, 0.2) is 60.9 Å². The molecule has 200 valence electrons. The minimum Gasteiger partial charge on any atom is -0.343 e. The number of aromatic nitrogens is 2. The Kier molecular flexibility index (Phi) is 7.33. The topological polar surface area (TPSA) is 41.4 Å². The van der Waals surface area contributed by atoms with Crippen LogP contribution in [0.4, 0.5) is 0 Å². The molecular weight excluding hydrogens is 492 g/mol. The molecule has 0 N–H and O–H groups in total. The van der Waals surface area contributed by atoms with Crippen molar-refractivity contribution in [3.63, 3.8) is 0 Å². The predicted octanol–water partition coefficient (Wildman–Crippen LogP) is 6.59. The molecule has 3 aliphatic rings. The Hall–Kier alpha value is -2.63. The monoisotopic (exact) mass is 530 g/mol. The van der Waals surface area contributed by atoms with Crippen molar-refractivity contribution < 1.29 is 4.79 Å².